The van der Waals surface area contributed by atoms with E-state index in [-0.39, 0.29) is 0 Å². The van der Waals surface area contributed by atoms with Crippen molar-refractivity contribution in [1.29, 1.82) is 0 Å². The summed E-state index contributed by atoms with van der Waals surface area (Å²) in [6.45, 7) is 0. The number of benzene rings is 10. The first kappa shape index (κ1) is 29.4. The van der Waals surface area contributed by atoms with Crippen molar-refractivity contribution in [2.45, 2.75) is 0 Å². The quantitative estimate of drug-likeness (QED) is 0.173. The number of hydrogen-bond acceptors (Lipinski definition) is 2. The van der Waals surface area contributed by atoms with Crippen LogP contribution in [0.4, 0.5) is 0 Å². The monoisotopic (exact) mass is 686 g/mol. The molecule has 10 aromatic carbocycles. The van der Waals surface area contributed by atoms with E-state index < -0.39 is 0 Å². The Morgan fingerprint density at radius 1 is 0.222 bits per heavy atom. The van der Waals surface area contributed by atoms with Crippen LogP contribution in [-0.2, 0) is 0 Å². The molecule has 0 aliphatic rings. The van der Waals surface area contributed by atoms with E-state index in [1.807, 2.05) is 0 Å². The van der Waals surface area contributed by atoms with Crippen LogP contribution >= 0.6 is 0 Å². The molecular formula is C52H30O2. The third-order valence-electron chi connectivity index (χ3n) is 11.4. The van der Waals surface area contributed by atoms with Crippen molar-refractivity contribution in [3.05, 3.63) is 182 Å². The molecule has 0 N–H and O–H groups in total. The lowest BCUT2D eigenvalue weighted by atomic mass is 9.89. The highest BCUT2D eigenvalue weighted by atomic mass is 16.3. The molecule has 0 atom stereocenters. The lowest BCUT2D eigenvalue weighted by Gasteiger charge is -2.15. The molecule has 0 fully saturated rings. The maximum Gasteiger partial charge on any atom is 0.136 e. The second-order valence-corrected chi connectivity index (χ2v) is 14.4. The van der Waals surface area contributed by atoms with E-state index in [1.165, 1.54) is 65.3 Å². The minimum absolute atomic E-state index is 0.858. The van der Waals surface area contributed by atoms with E-state index >= 15 is 0 Å². The summed E-state index contributed by atoms with van der Waals surface area (Å²) in [5.41, 5.74) is 10.7. The minimum Gasteiger partial charge on any atom is -0.456 e. The van der Waals surface area contributed by atoms with E-state index in [0.717, 1.165) is 55.0 Å². The molecule has 2 heterocycles. The Hall–Kier alpha value is -7.16. The summed E-state index contributed by atoms with van der Waals surface area (Å²) in [6.07, 6.45) is 0. The Morgan fingerprint density at radius 3 is 1.48 bits per heavy atom. The number of furan rings is 2. The normalized spacial score (nSPS) is 12.1. The summed E-state index contributed by atoms with van der Waals surface area (Å²) >= 11 is 0. The Labute approximate surface area is 310 Å². The molecule has 2 heteroatoms. The van der Waals surface area contributed by atoms with Crippen LogP contribution < -0.4 is 0 Å². The summed E-state index contributed by atoms with van der Waals surface area (Å²) in [6, 6.07) is 65.7. The van der Waals surface area contributed by atoms with Gasteiger partial charge in [-0.2, -0.15) is 0 Å². The molecule has 250 valence electrons. The average molecular weight is 687 g/mol. The average Bonchev–Trinajstić information content (AvgIpc) is 3.78. The van der Waals surface area contributed by atoms with Crippen molar-refractivity contribution < 1.29 is 8.83 Å². The van der Waals surface area contributed by atoms with E-state index in [2.05, 4.69) is 182 Å². The molecule has 12 rings (SSSR count). The smallest absolute Gasteiger partial charge is 0.136 e. The van der Waals surface area contributed by atoms with Gasteiger partial charge < -0.3 is 8.83 Å². The van der Waals surface area contributed by atoms with Crippen molar-refractivity contribution in [3.63, 3.8) is 0 Å². The van der Waals surface area contributed by atoms with Gasteiger partial charge in [0, 0.05) is 21.5 Å². The molecule has 0 spiro atoms. The molecule has 2 aromatic heterocycles. The first-order valence-corrected chi connectivity index (χ1v) is 18.5. The van der Waals surface area contributed by atoms with Crippen molar-refractivity contribution in [2.24, 2.45) is 0 Å². The van der Waals surface area contributed by atoms with Gasteiger partial charge in [0.1, 0.15) is 22.3 Å². The highest BCUT2D eigenvalue weighted by Gasteiger charge is 2.17. The predicted molar refractivity (Wildman–Crippen MR) is 227 cm³/mol. The standard InChI is InChI=1S/C52H30O2/c1-2-10-32-25-33(20-19-31(32)9-1)34-21-23-49-45(26-34)47-29-52-48(30-51(47)53-49)46-28-36(22-24-50(46)54-52)38-15-7-17-41-40(38)16-8-18-43(41)44-27-35-11-3-4-12-37(35)39-13-5-6-14-42(39)44/h1-30H. The summed E-state index contributed by atoms with van der Waals surface area (Å²) in [5, 5.41) is 14.3. The third kappa shape index (κ3) is 4.34. The van der Waals surface area contributed by atoms with Crippen molar-refractivity contribution in [2.75, 3.05) is 0 Å². The molecular weight excluding hydrogens is 657 g/mol. The second kappa shape index (κ2) is 11.2. The Morgan fingerprint density at radius 2 is 0.722 bits per heavy atom. The van der Waals surface area contributed by atoms with Crippen molar-refractivity contribution in [1.82, 2.24) is 0 Å². The number of hydrogen-bond donors (Lipinski definition) is 0. The maximum absolute atomic E-state index is 6.53. The Kier molecular flexibility index (Phi) is 6.09. The zero-order valence-electron chi connectivity index (χ0n) is 29.1. The third-order valence-corrected chi connectivity index (χ3v) is 11.4. The zero-order chi connectivity index (χ0) is 35.3. The summed E-state index contributed by atoms with van der Waals surface area (Å²) < 4.78 is 13.0. The van der Waals surface area contributed by atoms with Gasteiger partial charge in [-0.25, -0.2) is 0 Å². The maximum atomic E-state index is 6.53. The fourth-order valence-electron chi connectivity index (χ4n) is 8.84. The first-order chi connectivity index (χ1) is 26.7. The molecule has 0 unspecified atom stereocenters. The molecule has 0 saturated carbocycles. The van der Waals surface area contributed by atoms with Crippen LogP contribution in [0.2, 0.25) is 0 Å². The molecule has 0 amide bonds. The molecule has 0 bridgehead atoms. The van der Waals surface area contributed by atoms with Crippen LogP contribution in [-0.4, -0.2) is 0 Å². The molecule has 0 radical (unpaired) electrons. The summed E-state index contributed by atoms with van der Waals surface area (Å²) in [5.74, 6) is 0. The Balaban J connectivity index is 0.996. The topological polar surface area (TPSA) is 26.3 Å². The SMILES string of the molecule is c1ccc2cc(-c3ccc4oc5cc6c(cc5c4c3)oc3ccc(-c4cccc5c(-c7cc8ccccc8c8ccccc78)cccc45)cc36)ccc2c1. The fraction of sp³-hybridized carbons (Fsp3) is 0. The van der Waals surface area contributed by atoms with Gasteiger partial charge in [-0.15, -0.1) is 0 Å². The van der Waals surface area contributed by atoms with Crippen LogP contribution in [0.3, 0.4) is 0 Å². The Bertz CT molecular complexity index is 3510. The first-order valence-electron chi connectivity index (χ1n) is 18.5. The van der Waals surface area contributed by atoms with Gasteiger partial charge in [0.05, 0.1) is 0 Å². The predicted octanol–water partition coefficient (Wildman–Crippen LogP) is 15.1. The van der Waals surface area contributed by atoms with Gasteiger partial charge in [-0.05, 0) is 125 Å². The van der Waals surface area contributed by atoms with Crippen LogP contribution in [0.15, 0.2) is 191 Å². The number of rotatable bonds is 3. The van der Waals surface area contributed by atoms with Crippen molar-refractivity contribution in [3.8, 4) is 33.4 Å². The largest absolute Gasteiger partial charge is 0.456 e. The van der Waals surface area contributed by atoms with Crippen LogP contribution in [0, 0.1) is 0 Å². The highest BCUT2D eigenvalue weighted by Crippen LogP contribution is 2.43. The summed E-state index contributed by atoms with van der Waals surface area (Å²) in [4.78, 5) is 0. The van der Waals surface area contributed by atoms with E-state index in [0.29, 0.717) is 0 Å². The number of fused-ring (bicyclic) bond motifs is 11. The van der Waals surface area contributed by atoms with Gasteiger partial charge in [0.2, 0.25) is 0 Å². The molecule has 0 aliphatic carbocycles. The van der Waals surface area contributed by atoms with Crippen LogP contribution in [0.1, 0.15) is 0 Å². The van der Waals surface area contributed by atoms with Gasteiger partial charge >= 0.3 is 0 Å². The highest BCUT2D eigenvalue weighted by molar-refractivity contribution is 6.18. The summed E-state index contributed by atoms with van der Waals surface area (Å²) in [7, 11) is 0. The lowest BCUT2D eigenvalue weighted by molar-refractivity contribution is 0.664. The van der Waals surface area contributed by atoms with E-state index in [4.69, 9.17) is 8.83 Å². The van der Waals surface area contributed by atoms with E-state index in [9.17, 15) is 0 Å². The van der Waals surface area contributed by atoms with E-state index in [1.54, 1.807) is 0 Å². The molecule has 2 nitrogen and oxygen atoms in total. The second-order valence-electron chi connectivity index (χ2n) is 14.4. The van der Waals surface area contributed by atoms with Gasteiger partial charge in [-0.1, -0.05) is 133 Å². The molecule has 54 heavy (non-hydrogen) atoms. The minimum atomic E-state index is 0.858. The fourth-order valence-corrected chi connectivity index (χ4v) is 8.84. The van der Waals surface area contributed by atoms with Crippen LogP contribution in [0.25, 0.3) is 120 Å². The van der Waals surface area contributed by atoms with Gasteiger partial charge in [0.25, 0.3) is 0 Å². The molecule has 0 saturated heterocycles. The lowest BCUT2D eigenvalue weighted by Crippen LogP contribution is -1.88. The molecule has 0 aliphatic heterocycles. The van der Waals surface area contributed by atoms with Gasteiger partial charge in [-0.3, -0.25) is 0 Å². The van der Waals surface area contributed by atoms with Crippen LogP contribution in [0.5, 0.6) is 0 Å². The molecule has 12 aromatic rings. The van der Waals surface area contributed by atoms with Crippen molar-refractivity contribution >= 4 is 87.0 Å². The zero-order valence-corrected chi connectivity index (χ0v) is 29.1. The van der Waals surface area contributed by atoms with Gasteiger partial charge in [0.15, 0.2) is 0 Å².